The van der Waals surface area contributed by atoms with Crippen molar-refractivity contribution in [1.29, 1.82) is 0 Å². The third-order valence-corrected chi connectivity index (χ3v) is 0.937. The van der Waals surface area contributed by atoms with Gasteiger partial charge in [0, 0.05) is 12.4 Å². The Balaban J connectivity index is 2.65. The first-order chi connectivity index (χ1) is 3.71. The zero-order chi connectivity index (χ0) is 6.04. The molecule has 0 aromatic rings. The van der Waals surface area contributed by atoms with E-state index < -0.39 is 5.25 Å². The summed E-state index contributed by atoms with van der Waals surface area (Å²) in [6, 6.07) is 0. The Morgan fingerprint density at radius 1 is 1.75 bits per heavy atom. The monoisotopic (exact) mass is 131 g/mol. The Labute approximate surface area is 52.2 Å². The number of nitrogens with two attached hydrogens (primary N) is 1. The molecular weight excluding hydrogens is 126 g/mol. The van der Waals surface area contributed by atoms with Gasteiger partial charge in [-0.25, -0.2) is 4.99 Å². The lowest BCUT2D eigenvalue weighted by Gasteiger charge is -2.18. The highest BCUT2D eigenvalue weighted by atomic mass is 35.5. The van der Waals surface area contributed by atoms with Crippen molar-refractivity contribution >= 4 is 17.8 Å². The van der Waals surface area contributed by atoms with Crippen LogP contribution < -0.4 is 11.1 Å². The van der Waals surface area contributed by atoms with E-state index in [1.165, 1.54) is 0 Å². The molecule has 1 aliphatic rings. The average molecular weight is 132 g/mol. The van der Waals surface area contributed by atoms with Gasteiger partial charge in [-0.15, -0.1) is 0 Å². The molecule has 0 spiro atoms. The van der Waals surface area contributed by atoms with Crippen LogP contribution in [0.15, 0.2) is 17.3 Å². The zero-order valence-electron chi connectivity index (χ0n) is 4.13. The molecular formula is C4H6ClN3. The molecule has 4 heteroatoms. The minimum atomic E-state index is -1.12. The van der Waals surface area contributed by atoms with Crippen LogP contribution in [0.5, 0.6) is 0 Å². The molecule has 1 heterocycles. The highest BCUT2D eigenvalue weighted by Crippen LogP contribution is 2.04. The summed E-state index contributed by atoms with van der Waals surface area (Å²) in [6.07, 6.45) is 4.90. The van der Waals surface area contributed by atoms with E-state index in [1.54, 1.807) is 18.5 Å². The lowest BCUT2D eigenvalue weighted by molar-refractivity contribution is 0.565. The highest BCUT2D eigenvalue weighted by Gasteiger charge is 2.16. The Bertz CT molecular complexity index is 138. The number of hydrogen-bond donors (Lipinski definition) is 2. The van der Waals surface area contributed by atoms with Crippen molar-refractivity contribution in [1.82, 2.24) is 5.32 Å². The smallest absolute Gasteiger partial charge is 0.262 e. The number of alkyl halides is 1. The van der Waals surface area contributed by atoms with Gasteiger partial charge in [-0.1, -0.05) is 11.6 Å². The molecule has 3 nitrogen and oxygen atoms in total. The van der Waals surface area contributed by atoms with Gasteiger partial charge in [0.15, 0.2) is 0 Å². The topological polar surface area (TPSA) is 50.4 Å². The highest BCUT2D eigenvalue weighted by molar-refractivity contribution is 6.23. The summed E-state index contributed by atoms with van der Waals surface area (Å²) in [4.78, 5) is 3.68. The van der Waals surface area contributed by atoms with Gasteiger partial charge in [-0.05, 0) is 6.08 Å². The van der Waals surface area contributed by atoms with Gasteiger partial charge in [0.1, 0.15) is 0 Å². The second-order valence-electron chi connectivity index (χ2n) is 1.45. The molecule has 8 heavy (non-hydrogen) atoms. The van der Waals surface area contributed by atoms with Gasteiger partial charge in [0.05, 0.1) is 0 Å². The second kappa shape index (κ2) is 1.76. The number of allylic oxidation sites excluding steroid dienone is 1. The van der Waals surface area contributed by atoms with Crippen LogP contribution in [-0.4, -0.2) is 11.5 Å². The van der Waals surface area contributed by atoms with Crippen molar-refractivity contribution < 1.29 is 0 Å². The molecule has 44 valence electrons. The van der Waals surface area contributed by atoms with Gasteiger partial charge in [-0.2, -0.15) is 0 Å². The van der Waals surface area contributed by atoms with Gasteiger partial charge in [-0.3, -0.25) is 5.73 Å². The van der Waals surface area contributed by atoms with Crippen LogP contribution in [0.3, 0.4) is 0 Å². The van der Waals surface area contributed by atoms with Crippen LogP contribution in [0.1, 0.15) is 0 Å². The molecule has 0 radical (unpaired) electrons. The summed E-state index contributed by atoms with van der Waals surface area (Å²) in [5.41, 5.74) is 5.28. The first kappa shape index (κ1) is 5.59. The summed E-state index contributed by atoms with van der Waals surface area (Å²) < 4.78 is 0. The molecule has 0 aromatic heterocycles. The maximum atomic E-state index is 5.49. The zero-order valence-corrected chi connectivity index (χ0v) is 4.89. The van der Waals surface area contributed by atoms with E-state index in [-0.39, 0.29) is 0 Å². The Kier molecular flexibility index (Phi) is 1.23. The summed E-state index contributed by atoms with van der Waals surface area (Å²) >= 11 is 5.49. The largest absolute Gasteiger partial charge is 0.342 e. The third kappa shape index (κ3) is 1.21. The number of nitrogens with zero attached hydrogens (tertiary/aromatic N) is 1. The summed E-state index contributed by atoms with van der Waals surface area (Å²) in [5.74, 6) is 0. The van der Waals surface area contributed by atoms with Crippen LogP contribution in [0, 0.1) is 0 Å². The number of halogens is 1. The van der Waals surface area contributed by atoms with Crippen molar-refractivity contribution in [2.45, 2.75) is 5.25 Å². The van der Waals surface area contributed by atoms with Gasteiger partial charge >= 0.3 is 0 Å². The Morgan fingerprint density at radius 3 is 2.75 bits per heavy atom. The fourth-order valence-corrected chi connectivity index (χ4v) is 0.516. The van der Waals surface area contributed by atoms with Crippen molar-refractivity contribution in [2.75, 3.05) is 0 Å². The van der Waals surface area contributed by atoms with Crippen LogP contribution in [-0.2, 0) is 0 Å². The predicted molar refractivity (Wildman–Crippen MR) is 33.5 cm³/mol. The molecule has 0 aliphatic carbocycles. The van der Waals surface area contributed by atoms with Crippen LogP contribution >= 0.6 is 11.6 Å². The summed E-state index contributed by atoms with van der Waals surface area (Å²) in [7, 11) is 0. The molecule has 0 fully saturated rings. The molecule has 0 saturated heterocycles. The predicted octanol–water partition coefficient (Wildman–Crippen LogP) is -0.0171. The molecule has 1 rings (SSSR count). The lowest BCUT2D eigenvalue weighted by atomic mass is 10.6. The molecule has 1 unspecified atom stereocenters. The van der Waals surface area contributed by atoms with E-state index in [1.807, 2.05) is 0 Å². The lowest BCUT2D eigenvalue weighted by Crippen LogP contribution is -2.44. The third-order valence-electron chi connectivity index (χ3n) is 0.730. The Morgan fingerprint density at radius 2 is 2.50 bits per heavy atom. The van der Waals surface area contributed by atoms with Crippen molar-refractivity contribution in [3.63, 3.8) is 0 Å². The standard InChI is InChI=1S/C4H6ClN3/c5-4(6)7-2-1-3-8-4/h1-3,7H,6H2. The fourth-order valence-electron chi connectivity index (χ4n) is 0.397. The normalized spacial score (nSPS) is 34.8. The van der Waals surface area contributed by atoms with E-state index in [0.29, 0.717) is 0 Å². The molecule has 0 bridgehead atoms. The van der Waals surface area contributed by atoms with Gasteiger partial charge < -0.3 is 5.32 Å². The van der Waals surface area contributed by atoms with E-state index in [2.05, 4.69) is 10.3 Å². The summed E-state index contributed by atoms with van der Waals surface area (Å²) in [6.45, 7) is 0. The summed E-state index contributed by atoms with van der Waals surface area (Å²) in [5, 5.41) is 1.51. The maximum Gasteiger partial charge on any atom is 0.262 e. The van der Waals surface area contributed by atoms with E-state index in [9.17, 15) is 0 Å². The van der Waals surface area contributed by atoms with Crippen LogP contribution in [0.4, 0.5) is 0 Å². The van der Waals surface area contributed by atoms with E-state index in [4.69, 9.17) is 17.3 Å². The maximum absolute atomic E-state index is 5.49. The molecule has 3 N–H and O–H groups in total. The van der Waals surface area contributed by atoms with E-state index >= 15 is 0 Å². The Hall–Kier alpha value is -0.540. The van der Waals surface area contributed by atoms with Crippen molar-refractivity contribution in [3.8, 4) is 0 Å². The van der Waals surface area contributed by atoms with Crippen LogP contribution in [0.2, 0.25) is 0 Å². The van der Waals surface area contributed by atoms with E-state index in [0.717, 1.165) is 0 Å². The minimum Gasteiger partial charge on any atom is -0.342 e. The molecule has 0 amide bonds. The van der Waals surface area contributed by atoms with Crippen LogP contribution in [0.25, 0.3) is 0 Å². The van der Waals surface area contributed by atoms with Crippen molar-refractivity contribution in [3.05, 3.63) is 12.3 Å². The second-order valence-corrected chi connectivity index (χ2v) is 2.03. The molecule has 0 aromatic carbocycles. The fraction of sp³-hybridized carbons (Fsp3) is 0.250. The first-order valence-corrected chi connectivity index (χ1v) is 2.54. The van der Waals surface area contributed by atoms with Gasteiger partial charge in [0.2, 0.25) is 0 Å². The number of hydrogen-bond acceptors (Lipinski definition) is 3. The SMILES string of the molecule is NC1(Cl)N=CC=CN1. The molecule has 0 saturated carbocycles. The van der Waals surface area contributed by atoms with Gasteiger partial charge in [0.25, 0.3) is 5.25 Å². The number of nitrogens with one attached hydrogen (secondary N) is 1. The molecule has 1 aliphatic heterocycles. The number of rotatable bonds is 0. The quantitative estimate of drug-likeness (QED) is 0.359. The minimum absolute atomic E-state index is 1.12. The number of aliphatic imine (C=N–C) groups is 1. The first-order valence-electron chi connectivity index (χ1n) is 2.16. The molecule has 1 atom stereocenters. The average Bonchev–Trinajstić information content (AvgIpc) is 1.65. The van der Waals surface area contributed by atoms with Crippen molar-refractivity contribution in [2.24, 2.45) is 10.7 Å².